The molecule has 1 aliphatic rings. The molecule has 1 atom stereocenters. The number of rotatable bonds is 3. The Labute approximate surface area is 136 Å². The molecule has 1 aromatic heterocycles. The zero-order valence-electron chi connectivity index (χ0n) is 12.7. The number of nitrogens with zero attached hydrogens (tertiary/aromatic N) is 2. The van der Waals surface area contributed by atoms with Gasteiger partial charge in [0.15, 0.2) is 0 Å². The van der Waals surface area contributed by atoms with Crippen LogP contribution in [0.25, 0.3) is 0 Å². The lowest BCUT2D eigenvalue weighted by Gasteiger charge is -2.33. The molecule has 24 heavy (non-hydrogen) atoms. The van der Waals surface area contributed by atoms with E-state index in [1.165, 1.54) is 18.5 Å². The Hall–Kier alpha value is -2.35. The van der Waals surface area contributed by atoms with Gasteiger partial charge in [-0.15, -0.1) is 0 Å². The van der Waals surface area contributed by atoms with Gasteiger partial charge in [0.05, 0.1) is 30.0 Å². The monoisotopic (exact) mass is 339 g/mol. The molecule has 0 radical (unpaired) electrons. The predicted molar refractivity (Wildman–Crippen MR) is 79.4 cm³/mol. The molecule has 0 spiro atoms. The van der Waals surface area contributed by atoms with Gasteiger partial charge in [-0.25, -0.2) is 0 Å². The topological polar surface area (TPSA) is 58.2 Å². The van der Waals surface area contributed by atoms with Crippen LogP contribution in [0.1, 0.15) is 21.5 Å². The Kier molecular flexibility index (Phi) is 4.57. The molecular weight excluding hydrogens is 323 g/mol. The number of morpholine rings is 1. The number of benzene rings is 1. The molecule has 3 rings (SSSR count). The number of halogens is 3. The third-order valence-electron chi connectivity index (χ3n) is 3.89. The third-order valence-corrected chi connectivity index (χ3v) is 3.89. The summed E-state index contributed by atoms with van der Waals surface area (Å²) in [5.74, 6) is -0.166. The SMILES string of the molecule is O=C(c1cn[nH]c1)N1CCOC(Cc2cccc(C(F)(F)F)c2)C1. The average molecular weight is 339 g/mol. The summed E-state index contributed by atoms with van der Waals surface area (Å²) in [5.41, 5.74) is 0.310. The first kappa shape index (κ1) is 16.5. The molecule has 8 heteroatoms. The van der Waals surface area contributed by atoms with Gasteiger partial charge in [0, 0.05) is 25.7 Å². The minimum absolute atomic E-state index is 0.166. The first-order valence-electron chi connectivity index (χ1n) is 7.49. The lowest BCUT2D eigenvalue weighted by molar-refractivity contribution is -0.137. The predicted octanol–water partition coefficient (Wildman–Crippen LogP) is 2.51. The lowest BCUT2D eigenvalue weighted by atomic mass is 10.0. The second-order valence-electron chi connectivity index (χ2n) is 5.63. The lowest BCUT2D eigenvalue weighted by Crippen LogP contribution is -2.46. The fraction of sp³-hybridized carbons (Fsp3) is 0.375. The molecule has 0 aliphatic carbocycles. The third kappa shape index (κ3) is 3.76. The molecule has 1 N–H and O–H groups in total. The van der Waals surface area contributed by atoms with E-state index < -0.39 is 11.7 Å². The maximum atomic E-state index is 12.8. The van der Waals surface area contributed by atoms with Crippen molar-refractivity contribution in [2.75, 3.05) is 19.7 Å². The van der Waals surface area contributed by atoms with Crippen LogP contribution in [0.15, 0.2) is 36.7 Å². The number of hydrogen-bond donors (Lipinski definition) is 1. The van der Waals surface area contributed by atoms with Crippen molar-refractivity contribution in [3.8, 4) is 0 Å². The van der Waals surface area contributed by atoms with E-state index in [0.717, 1.165) is 12.1 Å². The Morgan fingerprint density at radius 3 is 2.96 bits per heavy atom. The van der Waals surface area contributed by atoms with Gasteiger partial charge in [-0.2, -0.15) is 18.3 Å². The van der Waals surface area contributed by atoms with Crippen molar-refractivity contribution < 1.29 is 22.7 Å². The van der Waals surface area contributed by atoms with Crippen LogP contribution < -0.4 is 0 Å². The molecule has 1 fully saturated rings. The highest BCUT2D eigenvalue weighted by molar-refractivity contribution is 5.93. The molecule has 1 saturated heterocycles. The van der Waals surface area contributed by atoms with Crippen molar-refractivity contribution in [3.63, 3.8) is 0 Å². The van der Waals surface area contributed by atoms with E-state index in [2.05, 4.69) is 10.2 Å². The molecule has 1 amide bonds. The van der Waals surface area contributed by atoms with Gasteiger partial charge in [0.2, 0.25) is 0 Å². The quantitative estimate of drug-likeness (QED) is 0.935. The second-order valence-corrected chi connectivity index (χ2v) is 5.63. The Morgan fingerprint density at radius 1 is 1.42 bits per heavy atom. The van der Waals surface area contributed by atoms with Crippen LogP contribution >= 0.6 is 0 Å². The zero-order chi connectivity index (χ0) is 17.2. The molecule has 2 aromatic rings. The average Bonchev–Trinajstić information content (AvgIpc) is 3.08. The largest absolute Gasteiger partial charge is 0.416 e. The normalized spacial score (nSPS) is 18.6. The van der Waals surface area contributed by atoms with Crippen molar-refractivity contribution >= 4 is 5.91 Å². The van der Waals surface area contributed by atoms with E-state index in [0.29, 0.717) is 37.2 Å². The Bertz CT molecular complexity index is 701. The first-order valence-corrected chi connectivity index (χ1v) is 7.49. The number of aromatic nitrogens is 2. The summed E-state index contributed by atoms with van der Waals surface area (Å²) in [4.78, 5) is 13.9. The number of aromatic amines is 1. The van der Waals surface area contributed by atoms with E-state index in [-0.39, 0.29) is 12.0 Å². The Balaban J connectivity index is 1.67. The molecule has 1 aromatic carbocycles. The van der Waals surface area contributed by atoms with Gasteiger partial charge in [-0.3, -0.25) is 9.89 Å². The fourth-order valence-electron chi connectivity index (χ4n) is 2.72. The van der Waals surface area contributed by atoms with Crippen LogP contribution in [0.5, 0.6) is 0 Å². The number of carbonyl (C=O) groups is 1. The van der Waals surface area contributed by atoms with Crippen LogP contribution in [0.4, 0.5) is 13.2 Å². The number of nitrogens with one attached hydrogen (secondary N) is 1. The van der Waals surface area contributed by atoms with Crippen molar-refractivity contribution in [2.24, 2.45) is 0 Å². The second kappa shape index (κ2) is 6.64. The molecule has 5 nitrogen and oxygen atoms in total. The highest BCUT2D eigenvalue weighted by Gasteiger charge is 2.31. The van der Waals surface area contributed by atoms with Gasteiger partial charge < -0.3 is 9.64 Å². The van der Waals surface area contributed by atoms with Crippen LogP contribution in [0.3, 0.4) is 0 Å². The summed E-state index contributed by atoms with van der Waals surface area (Å²) in [6.07, 6.45) is -1.43. The van der Waals surface area contributed by atoms with Gasteiger partial charge in [0.25, 0.3) is 5.91 Å². The van der Waals surface area contributed by atoms with Gasteiger partial charge >= 0.3 is 6.18 Å². The van der Waals surface area contributed by atoms with Crippen molar-refractivity contribution in [3.05, 3.63) is 53.3 Å². The van der Waals surface area contributed by atoms with Gasteiger partial charge in [-0.05, 0) is 11.6 Å². The zero-order valence-corrected chi connectivity index (χ0v) is 12.7. The number of amides is 1. The maximum Gasteiger partial charge on any atom is 0.416 e. The molecule has 0 saturated carbocycles. The number of alkyl halides is 3. The number of ether oxygens (including phenoxy) is 1. The van der Waals surface area contributed by atoms with Crippen LogP contribution in [0.2, 0.25) is 0 Å². The molecule has 128 valence electrons. The molecule has 1 aliphatic heterocycles. The maximum absolute atomic E-state index is 12.8. The minimum atomic E-state index is -4.37. The molecule has 2 heterocycles. The summed E-state index contributed by atoms with van der Waals surface area (Å²) < 4.78 is 43.9. The van der Waals surface area contributed by atoms with E-state index in [1.54, 1.807) is 11.0 Å². The van der Waals surface area contributed by atoms with Crippen LogP contribution in [0, 0.1) is 0 Å². The smallest absolute Gasteiger partial charge is 0.374 e. The van der Waals surface area contributed by atoms with Crippen molar-refractivity contribution in [1.82, 2.24) is 15.1 Å². The standard InChI is InChI=1S/C16H16F3N3O2/c17-16(18,19)13-3-1-2-11(6-13)7-14-10-22(4-5-24-14)15(23)12-8-20-21-9-12/h1-3,6,8-9,14H,4-5,7,10H2,(H,20,21). The number of hydrogen-bond acceptors (Lipinski definition) is 3. The molecular formula is C16H16F3N3O2. The Morgan fingerprint density at radius 2 is 2.25 bits per heavy atom. The van der Waals surface area contributed by atoms with Crippen molar-refractivity contribution in [2.45, 2.75) is 18.7 Å². The minimum Gasteiger partial charge on any atom is -0.374 e. The summed E-state index contributed by atoms with van der Waals surface area (Å²) in [6.45, 7) is 1.14. The highest BCUT2D eigenvalue weighted by atomic mass is 19.4. The summed E-state index contributed by atoms with van der Waals surface area (Å²) in [5, 5.41) is 6.33. The van der Waals surface area contributed by atoms with Crippen molar-refractivity contribution in [1.29, 1.82) is 0 Å². The summed E-state index contributed by atoms with van der Waals surface area (Å²) in [6, 6.07) is 5.19. The van der Waals surface area contributed by atoms with Gasteiger partial charge in [0.1, 0.15) is 0 Å². The van der Waals surface area contributed by atoms with Gasteiger partial charge in [-0.1, -0.05) is 18.2 Å². The summed E-state index contributed by atoms with van der Waals surface area (Å²) >= 11 is 0. The summed E-state index contributed by atoms with van der Waals surface area (Å²) in [7, 11) is 0. The van der Waals surface area contributed by atoms with E-state index in [4.69, 9.17) is 4.74 Å². The van der Waals surface area contributed by atoms with E-state index in [1.807, 2.05) is 0 Å². The molecule has 1 unspecified atom stereocenters. The number of carbonyl (C=O) groups excluding carboxylic acids is 1. The van der Waals surface area contributed by atoms with E-state index >= 15 is 0 Å². The first-order chi connectivity index (χ1) is 11.4. The molecule has 0 bridgehead atoms. The fourth-order valence-corrected chi connectivity index (χ4v) is 2.72. The highest BCUT2D eigenvalue weighted by Crippen LogP contribution is 2.30. The van der Waals surface area contributed by atoms with Crippen LogP contribution in [-0.2, 0) is 17.3 Å². The van der Waals surface area contributed by atoms with Crippen LogP contribution in [-0.4, -0.2) is 46.8 Å². The number of H-pyrrole nitrogens is 1. The van der Waals surface area contributed by atoms with E-state index in [9.17, 15) is 18.0 Å².